The number of carboxylic acid groups (broad SMARTS) is 1. The summed E-state index contributed by atoms with van der Waals surface area (Å²) >= 11 is 0. The standard InChI is InChI=1S/C10H9NO3.C9H7NO3.Li.H2O/c1-3-7-11-8(10(13)14-2)5-4-6-9(11)12;1-2-6-10-7(9(12)13)4-3-5-8(10)11;;/h1,4-6H,7H2,2H3;1,3-5H,6H2,(H,12,13);;1H2/q;;+1;/p-1. The number of hydrogen-bond acceptors (Lipinski definition) is 6. The molecule has 0 saturated heterocycles. The average molecular weight is 392 g/mol. The molecule has 2 rings (SSSR count). The summed E-state index contributed by atoms with van der Waals surface area (Å²) in [5, 5.41) is 8.69. The molecule has 0 fully saturated rings. The third kappa shape index (κ3) is 7.57. The number of hydrogen-bond donors (Lipinski definition) is 1. The van der Waals surface area contributed by atoms with Gasteiger partial charge in [-0.15, -0.1) is 12.8 Å². The molecule has 2 aromatic rings. The minimum Gasteiger partial charge on any atom is -0.870 e. The second kappa shape index (κ2) is 13.7. The average Bonchev–Trinajstić information content (AvgIpc) is 2.65. The number of esters is 1. The van der Waals surface area contributed by atoms with E-state index in [9.17, 15) is 19.2 Å². The molecule has 29 heavy (non-hydrogen) atoms. The van der Waals surface area contributed by atoms with Crippen molar-refractivity contribution in [2.24, 2.45) is 0 Å². The summed E-state index contributed by atoms with van der Waals surface area (Å²) in [4.78, 5) is 44.3. The Labute approximate surface area is 178 Å². The van der Waals surface area contributed by atoms with Crippen molar-refractivity contribution in [1.82, 2.24) is 9.13 Å². The fraction of sp³-hybridized carbons (Fsp3) is 0.158. The molecule has 10 heteroatoms. The maximum atomic E-state index is 11.3. The summed E-state index contributed by atoms with van der Waals surface area (Å²) < 4.78 is 6.73. The Morgan fingerprint density at radius 1 is 0.966 bits per heavy atom. The van der Waals surface area contributed by atoms with Gasteiger partial charge in [0, 0.05) is 12.1 Å². The number of terminal acetylenes is 2. The maximum Gasteiger partial charge on any atom is 1.00 e. The molecule has 2 N–H and O–H groups in total. The minimum atomic E-state index is -1.16. The molecule has 0 spiro atoms. The van der Waals surface area contributed by atoms with Gasteiger partial charge >= 0.3 is 30.8 Å². The predicted octanol–water partition coefficient (Wildman–Crippen LogP) is -2.72. The number of ether oxygens (including phenoxy) is 1. The van der Waals surface area contributed by atoms with Crippen LogP contribution in [0.3, 0.4) is 0 Å². The Bertz CT molecular complexity index is 1040. The van der Waals surface area contributed by atoms with Crippen LogP contribution in [0.5, 0.6) is 0 Å². The van der Waals surface area contributed by atoms with Crippen molar-refractivity contribution in [1.29, 1.82) is 0 Å². The zero-order valence-corrected chi connectivity index (χ0v) is 15.9. The molecule has 0 saturated carbocycles. The Kier molecular flexibility index (Phi) is 13.1. The van der Waals surface area contributed by atoms with E-state index in [-0.39, 0.29) is 54.4 Å². The van der Waals surface area contributed by atoms with Crippen LogP contribution in [0.25, 0.3) is 0 Å². The number of pyridine rings is 2. The van der Waals surface area contributed by atoms with Crippen molar-refractivity contribution in [2.45, 2.75) is 13.1 Å². The molecule has 0 amide bonds. The molecular weight excluding hydrogens is 375 g/mol. The summed E-state index contributed by atoms with van der Waals surface area (Å²) in [6.45, 7) is 0.0331. The zero-order valence-electron chi connectivity index (χ0n) is 15.9. The Balaban J connectivity index is 0. The Hall–Kier alpha value is -3.48. The fourth-order valence-corrected chi connectivity index (χ4v) is 2.02. The van der Waals surface area contributed by atoms with Gasteiger partial charge < -0.3 is 15.3 Å². The van der Waals surface area contributed by atoms with E-state index in [0.717, 1.165) is 4.57 Å². The van der Waals surface area contributed by atoms with Gasteiger partial charge in [-0.05, 0) is 12.1 Å². The van der Waals surface area contributed by atoms with Gasteiger partial charge in [-0.25, -0.2) is 9.59 Å². The first-order valence-corrected chi connectivity index (χ1v) is 7.45. The van der Waals surface area contributed by atoms with Crippen LogP contribution in [0.1, 0.15) is 21.0 Å². The Morgan fingerprint density at radius 2 is 1.38 bits per heavy atom. The molecule has 0 unspecified atom stereocenters. The monoisotopic (exact) mass is 392 g/mol. The molecule has 0 bridgehead atoms. The van der Waals surface area contributed by atoms with Crippen LogP contribution in [-0.4, -0.2) is 38.8 Å². The number of aromatic carboxylic acids is 1. The number of carbonyl (C=O) groups is 2. The topological polar surface area (TPSA) is 138 Å². The van der Waals surface area contributed by atoms with E-state index in [0.29, 0.717) is 0 Å². The molecule has 2 aromatic heterocycles. The van der Waals surface area contributed by atoms with Gasteiger partial charge in [0.25, 0.3) is 11.1 Å². The summed E-state index contributed by atoms with van der Waals surface area (Å²) in [5.41, 5.74) is -0.646. The Morgan fingerprint density at radius 3 is 1.76 bits per heavy atom. The molecule has 9 nitrogen and oxygen atoms in total. The van der Waals surface area contributed by atoms with Crippen molar-refractivity contribution >= 4 is 11.9 Å². The normalized spacial score (nSPS) is 8.52. The largest absolute Gasteiger partial charge is 1.00 e. The van der Waals surface area contributed by atoms with Crippen molar-refractivity contribution in [3.05, 3.63) is 68.5 Å². The van der Waals surface area contributed by atoms with E-state index in [1.165, 1.54) is 48.1 Å². The molecule has 0 radical (unpaired) electrons. The van der Waals surface area contributed by atoms with Crippen LogP contribution in [-0.2, 0) is 17.8 Å². The van der Waals surface area contributed by atoms with Crippen LogP contribution >= 0.6 is 0 Å². The van der Waals surface area contributed by atoms with Crippen molar-refractivity contribution in [2.75, 3.05) is 7.11 Å². The fourth-order valence-electron chi connectivity index (χ4n) is 2.02. The van der Waals surface area contributed by atoms with E-state index in [1.807, 2.05) is 0 Å². The van der Waals surface area contributed by atoms with E-state index < -0.39 is 17.5 Å². The van der Waals surface area contributed by atoms with Gasteiger partial charge in [0.15, 0.2) is 0 Å². The van der Waals surface area contributed by atoms with Crippen molar-refractivity contribution in [3.63, 3.8) is 0 Å². The second-order valence-corrected chi connectivity index (χ2v) is 4.88. The molecule has 0 aromatic carbocycles. The van der Waals surface area contributed by atoms with Gasteiger partial charge in [0.2, 0.25) is 0 Å². The molecule has 0 aliphatic carbocycles. The number of nitrogens with zero attached hydrogens (tertiary/aromatic N) is 2. The van der Waals surface area contributed by atoms with E-state index in [4.69, 9.17) is 18.0 Å². The number of carboxylic acids is 1. The summed E-state index contributed by atoms with van der Waals surface area (Å²) in [5.74, 6) is 2.79. The minimum absolute atomic E-state index is 0. The van der Waals surface area contributed by atoms with E-state index in [1.54, 1.807) is 0 Å². The SMILES string of the molecule is C#CCn1c(C(=O)O)cccc1=O.C#CCn1c(C(=O)OC)cccc1=O.[Li+].[OH-]. The van der Waals surface area contributed by atoms with Gasteiger partial charge in [0.05, 0.1) is 20.2 Å². The molecular formula is C19H17LiN2O7. The van der Waals surface area contributed by atoms with Gasteiger partial charge in [-0.2, -0.15) is 0 Å². The second-order valence-electron chi connectivity index (χ2n) is 4.88. The number of carbonyl (C=O) groups excluding carboxylic acids is 1. The van der Waals surface area contributed by atoms with E-state index in [2.05, 4.69) is 16.6 Å². The number of aromatic nitrogens is 2. The maximum absolute atomic E-state index is 11.3. The smallest absolute Gasteiger partial charge is 0.870 e. The molecule has 0 atom stereocenters. The molecule has 0 aliphatic heterocycles. The summed E-state index contributed by atoms with van der Waals surface area (Å²) in [6, 6.07) is 8.31. The van der Waals surface area contributed by atoms with Gasteiger partial charge in [0.1, 0.15) is 11.4 Å². The van der Waals surface area contributed by atoms with Crippen LogP contribution in [0.2, 0.25) is 0 Å². The molecule has 0 aliphatic rings. The summed E-state index contributed by atoms with van der Waals surface area (Å²) in [7, 11) is 1.25. The van der Waals surface area contributed by atoms with Crippen LogP contribution in [0.15, 0.2) is 46.0 Å². The van der Waals surface area contributed by atoms with Crippen LogP contribution in [0.4, 0.5) is 0 Å². The van der Waals surface area contributed by atoms with E-state index >= 15 is 0 Å². The quantitative estimate of drug-likeness (QED) is 0.339. The van der Waals surface area contributed by atoms with Crippen molar-refractivity contribution < 1.29 is 43.8 Å². The molecule has 146 valence electrons. The third-order valence-electron chi connectivity index (χ3n) is 3.21. The number of methoxy groups -OCH3 is 1. The first-order valence-electron chi connectivity index (χ1n) is 7.45. The summed E-state index contributed by atoms with van der Waals surface area (Å²) in [6.07, 6.45) is 10.1. The van der Waals surface area contributed by atoms with Crippen LogP contribution < -0.4 is 30.0 Å². The number of rotatable bonds is 4. The van der Waals surface area contributed by atoms with Crippen molar-refractivity contribution in [3.8, 4) is 24.7 Å². The zero-order chi connectivity index (χ0) is 20.4. The first-order chi connectivity index (χ1) is 12.9. The van der Waals surface area contributed by atoms with Gasteiger partial charge in [-0.3, -0.25) is 18.7 Å². The predicted molar refractivity (Wildman–Crippen MR) is 99.3 cm³/mol. The first kappa shape index (κ1) is 27.7. The molecule has 2 heterocycles. The van der Waals surface area contributed by atoms with Crippen LogP contribution in [0, 0.1) is 24.7 Å². The van der Waals surface area contributed by atoms with Gasteiger partial charge in [-0.1, -0.05) is 24.0 Å². The third-order valence-corrected chi connectivity index (χ3v) is 3.21.